The summed E-state index contributed by atoms with van der Waals surface area (Å²) < 4.78 is 5.01. The Bertz CT molecular complexity index is 554. The molecule has 3 heteroatoms. The Labute approximate surface area is 119 Å². The van der Waals surface area contributed by atoms with E-state index in [1.807, 2.05) is 60.7 Å². The molecule has 2 N–H and O–H groups in total. The lowest BCUT2D eigenvalue weighted by atomic mass is 9.75. The van der Waals surface area contributed by atoms with Crippen molar-refractivity contribution < 1.29 is 9.53 Å². The molecule has 2 aromatic carbocycles. The van der Waals surface area contributed by atoms with Crippen LogP contribution in [0, 0.1) is 0 Å². The molecule has 0 radical (unpaired) electrons. The summed E-state index contributed by atoms with van der Waals surface area (Å²) in [6, 6.07) is 19.4. The monoisotopic (exact) mass is 269 g/mol. The molecule has 1 unspecified atom stereocenters. The molecule has 0 heterocycles. The van der Waals surface area contributed by atoms with Crippen molar-refractivity contribution in [1.82, 2.24) is 0 Å². The van der Waals surface area contributed by atoms with Gasteiger partial charge in [0.05, 0.1) is 7.11 Å². The van der Waals surface area contributed by atoms with Gasteiger partial charge in [0.15, 0.2) is 0 Å². The number of hydrogen-bond acceptors (Lipinski definition) is 3. The van der Waals surface area contributed by atoms with Crippen LogP contribution in [0.15, 0.2) is 60.7 Å². The molecule has 0 aromatic heterocycles. The van der Waals surface area contributed by atoms with Gasteiger partial charge in [0.2, 0.25) is 0 Å². The third-order valence-corrected chi connectivity index (χ3v) is 3.60. The van der Waals surface area contributed by atoms with E-state index in [1.165, 1.54) is 7.11 Å². The Morgan fingerprint density at radius 1 is 1.05 bits per heavy atom. The molecule has 104 valence electrons. The molecular formula is C17H19NO2. The van der Waals surface area contributed by atoms with Crippen LogP contribution >= 0.6 is 0 Å². The van der Waals surface area contributed by atoms with E-state index in [-0.39, 0.29) is 12.5 Å². The van der Waals surface area contributed by atoms with Crippen LogP contribution in [0.5, 0.6) is 0 Å². The minimum absolute atomic E-state index is 0.207. The number of nitrogens with two attached hydrogens (primary N) is 1. The van der Waals surface area contributed by atoms with Gasteiger partial charge in [-0.15, -0.1) is 0 Å². The molecule has 0 saturated carbocycles. The summed E-state index contributed by atoms with van der Waals surface area (Å²) in [5, 5.41) is 0. The van der Waals surface area contributed by atoms with Crippen molar-refractivity contribution in [2.24, 2.45) is 5.73 Å². The third-order valence-electron chi connectivity index (χ3n) is 3.60. The van der Waals surface area contributed by atoms with Crippen LogP contribution in [-0.2, 0) is 21.4 Å². The second kappa shape index (κ2) is 6.35. The van der Waals surface area contributed by atoms with Crippen molar-refractivity contribution in [1.29, 1.82) is 0 Å². The van der Waals surface area contributed by atoms with Crippen LogP contribution in [0.4, 0.5) is 0 Å². The highest BCUT2D eigenvalue weighted by molar-refractivity contribution is 5.84. The smallest absolute Gasteiger partial charge is 0.317 e. The average Bonchev–Trinajstić information content (AvgIpc) is 2.53. The minimum atomic E-state index is -0.836. The van der Waals surface area contributed by atoms with Crippen molar-refractivity contribution in [3.05, 3.63) is 71.8 Å². The quantitative estimate of drug-likeness (QED) is 0.847. The number of carbonyl (C=O) groups is 1. The maximum absolute atomic E-state index is 12.4. The maximum Gasteiger partial charge on any atom is 0.317 e. The van der Waals surface area contributed by atoms with Gasteiger partial charge in [0.1, 0.15) is 5.41 Å². The van der Waals surface area contributed by atoms with Crippen molar-refractivity contribution in [3.63, 3.8) is 0 Å². The Balaban J connectivity index is 2.46. The van der Waals surface area contributed by atoms with Gasteiger partial charge < -0.3 is 10.5 Å². The van der Waals surface area contributed by atoms with Gasteiger partial charge in [-0.05, 0) is 17.5 Å². The number of hydrogen-bond donors (Lipinski definition) is 1. The summed E-state index contributed by atoms with van der Waals surface area (Å²) in [4.78, 5) is 12.4. The Morgan fingerprint density at radius 3 is 2.10 bits per heavy atom. The van der Waals surface area contributed by atoms with E-state index in [1.54, 1.807) is 0 Å². The molecule has 2 aromatic rings. The summed E-state index contributed by atoms with van der Waals surface area (Å²) in [7, 11) is 1.40. The molecule has 2 rings (SSSR count). The molecule has 0 bridgehead atoms. The normalized spacial score (nSPS) is 13.5. The first kappa shape index (κ1) is 14.3. The molecule has 0 spiro atoms. The summed E-state index contributed by atoms with van der Waals surface area (Å²) in [6.45, 7) is 0.207. The largest absolute Gasteiger partial charge is 0.468 e. The minimum Gasteiger partial charge on any atom is -0.468 e. The van der Waals surface area contributed by atoms with Crippen molar-refractivity contribution >= 4 is 5.97 Å². The molecule has 0 aliphatic carbocycles. The van der Waals surface area contributed by atoms with Gasteiger partial charge in [0, 0.05) is 6.54 Å². The first-order valence-corrected chi connectivity index (χ1v) is 6.61. The van der Waals surface area contributed by atoms with Gasteiger partial charge in [0.25, 0.3) is 0 Å². The van der Waals surface area contributed by atoms with Gasteiger partial charge in [-0.1, -0.05) is 60.7 Å². The predicted octanol–water partition coefficient (Wildman–Crippen LogP) is 2.30. The van der Waals surface area contributed by atoms with Crippen molar-refractivity contribution in [3.8, 4) is 0 Å². The molecule has 0 amide bonds. The Kier molecular flexibility index (Phi) is 4.53. The summed E-state index contributed by atoms with van der Waals surface area (Å²) in [6.07, 6.45) is 0.529. The van der Waals surface area contributed by atoms with E-state index in [0.717, 1.165) is 11.1 Å². The zero-order valence-corrected chi connectivity index (χ0v) is 11.6. The number of carbonyl (C=O) groups excluding carboxylic acids is 1. The van der Waals surface area contributed by atoms with Crippen LogP contribution in [0.2, 0.25) is 0 Å². The van der Waals surface area contributed by atoms with E-state index in [4.69, 9.17) is 10.5 Å². The molecular weight excluding hydrogens is 250 g/mol. The fourth-order valence-electron chi connectivity index (χ4n) is 2.46. The topological polar surface area (TPSA) is 52.3 Å². The van der Waals surface area contributed by atoms with E-state index < -0.39 is 5.41 Å². The molecule has 20 heavy (non-hydrogen) atoms. The molecule has 3 nitrogen and oxygen atoms in total. The second-order valence-electron chi connectivity index (χ2n) is 4.81. The van der Waals surface area contributed by atoms with Crippen LogP contribution in [0.3, 0.4) is 0 Å². The highest BCUT2D eigenvalue weighted by atomic mass is 16.5. The first-order chi connectivity index (χ1) is 9.73. The van der Waals surface area contributed by atoms with Crippen molar-refractivity contribution in [2.45, 2.75) is 11.8 Å². The van der Waals surface area contributed by atoms with Crippen LogP contribution in [-0.4, -0.2) is 19.6 Å². The number of ether oxygens (including phenoxy) is 1. The second-order valence-corrected chi connectivity index (χ2v) is 4.81. The standard InChI is InChI=1S/C17H19NO2/c1-20-16(19)17(13-18,15-10-6-3-7-11-15)12-14-8-4-2-5-9-14/h2-11H,12-13,18H2,1H3. The first-order valence-electron chi connectivity index (χ1n) is 6.61. The molecule has 0 aliphatic rings. The van der Waals surface area contributed by atoms with Gasteiger partial charge in [-0.2, -0.15) is 0 Å². The van der Waals surface area contributed by atoms with E-state index in [0.29, 0.717) is 6.42 Å². The van der Waals surface area contributed by atoms with Gasteiger partial charge in [-0.3, -0.25) is 4.79 Å². The fraction of sp³-hybridized carbons (Fsp3) is 0.235. The van der Waals surface area contributed by atoms with Crippen LogP contribution in [0.25, 0.3) is 0 Å². The lowest BCUT2D eigenvalue weighted by Crippen LogP contribution is -2.45. The van der Waals surface area contributed by atoms with Gasteiger partial charge >= 0.3 is 5.97 Å². The van der Waals surface area contributed by atoms with E-state index in [9.17, 15) is 4.79 Å². The third kappa shape index (κ3) is 2.73. The summed E-state index contributed by atoms with van der Waals surface area (Å²) in [5.41, 5.74) is 7.08. The van der Waals surface area contributed by atoms with E-state index >= 15 is 0 Å². The van der Waals surface area contributed by atoms with Crippen LogP contribution < -0.4 is 5.73 Å². The van der Waals surface area contributed by atoms with Crippen molar-refractivity contribution in [2.75, 3.05) is 13.7 Å². The SMILES string of the molecule is COC(=O)C(CN)(Cc1ccccc1)c1ccccc1. The summed E-state index contributed by atoms with van der Waals surface area (Å²) >= 11 is 0. The molecule has 0 fully saturated rings. The highest BCUT2D eigenvalue weighted by Gasteiger charge is 2.40. The zero-order valence-electron chi connectivity index (χ0n) is 11.6. The van der Waals surface area contributed by atoms with Gasteiger partial charge in [-0.25, -0.2) is 0 Å². The Hall–Kier alpha value is -2.13. The number of benzene rings is 2. The molecule has 1 atom stereocenters. The molecule has 0 saturated heterocycles. The maximum atomic E-state index is 12.4. The summed E-state index contributed by atoms with van der Waals surface area (Å²) in [5.74, 6) is -0.296. The zero-order chi connectivity index (χ0) is 14.4. The average molecular weight is 269 g/mol. The number of methoxy groups -OCH3 is 1. The predicted molar refractivity (Wildman–Crippen MR) is 79.3 cm³/mol. The lowest BCUT2D eigenvalue weighted by Gasteiger charge is -2.30. The fourth-order valence-corrected chi connectivity index (χ4v) is 2.46. The van der Waals surface area contributed by atoms with Crippen LogP contribution in [0.1, 0.15) is 11.1 Å². The molecule has 0 aliphatic heterocycles. The Morgan fingerprint density at radius 2 is 1.60 bits per heavy atom. The number of rotatable bonds is 5. The number of esters is 1. The van der Waals surface area contributed by atoms with E-state index in [2.05, 4.69) is 0 Å². The highest BCUT2D eigenvalue weighted by Crippen LogP contribution is 2.29. The lowest BCUT2D eigenvalue weighted by molar-refractivity contribution is -0.147.